The third-order valence-electron chi connectivity index (χ3n) is 7.18. The van der Waals surface area contributed by atoms with Crippen LogP contribution in [0.15, 0.2) is 72.8 Å². The van der Waals surface area contributed by atoms with Crippen LogP contribution in [0.5, 0.6) is 0 Å². The molecule has 0 N–H and O–H groups in total. The molecule has 5 rings (SSSR count). The zero-order chi connectivity index (χ0) is 22.7. The number of hydrogen-bond donors (Lipinski definition) is 0. The summed E-state index contributed by atoms with van der Waals surface area (Å²) in [6, 6.07) is 23.8. The van der Waals surface area contributed by atoms with Crippen LogP contribution in [0.25, 0.3) is 0 Å². The molecule has 0 aromatic heterocycles. The Labute approximate surface area is 225 Å². The summed E-state index contributed by atoms with van der Waals surface area (Å²) in [5.74, 6) is -0.180. The van der Waals surface area contributed by atoms with Gasteiger partial charge in [0.25, 0.3) is 0 Å². The number of anilines is 1. The molecule has 2 heterocycles. The standard InChI is InChI=1S/C28H30ClFN2O.2ClH/c29-24-8-6-23(7-9-24)28(21-33-20-22-4-1-2-5-27(22)28)14-3-15-31-16-18-32(19-17-31)26-12-10-25(30)11-13-26;;/h1-2,4-13H,3,14-21H2;2*1H. The summed E-state index contributed by atoms with van der Waals surface area (Å²) >= 11 is 6.21. The van der Waals surface area contributed by atoms with E-state index in [2.05, 4.69) is 46.2 Å². The maximum Gasteiger partial charge on any atom is 0.123 e. The predicted molar refractivity (Wildman–Crippen MR) is 147 cm³/mol. The second-order valence-corrected chi connectivity index (χ2v) is 9.58. The zero-order valence-corrected chi connectivity index (χ0v) is 22.1. The molecule has 3 aromatic carbocycles. The fourth-order valence-corrected chi connectivity index (χ4v) is 5.50. The van der Waals surface area contributed by atoms with Crippen molar-refractivity contribution in [2.45, 2.75) is 24.9 Å². The van der Waals surface area contributed by atoms with Crippen LogP contribution in [0, 0.1) is 5.82 Å². The normalized spacial score (nSPS) is 19.9. The van der Waals surface area contributed by atoms with Crippen molar-refractivity contribution in [3.05, 3.63) is 100 Å². The van der Waals surface area contributed by atoms with Crippen LogP contribution >= 0.6 is 36.4 Å². The maximum absolute atomic E-state index is 13.2. The van der Waals surface area contributed by atoms with Crippen molar-refractivity contribution in [2.75, 3.05) is 44.2 Å². The van der Waals surface area contributed by atoms with Gasteiger partial charge >= 0.3 is 0 Å². The van der Waals surface area contributed by atoms with Gasteiger partial charge < -0.3 is 9.64 Å². The molecule has 0 bridgehead atoms. The highest BCUT2D eigenvalue weighted by Gasteiger charge is 2.38. The first kappa shape index (κ1) is 27.8. The Hall–Kier alpha value is -1.82. The Morgan fingerprint density at radius 1 is 0.857 bits per heavy atom. The summed E-state index contributed by atoms with van der Waals surface area (Å²) in [4.78, 5) is 4.89. The lowest BCUT2D eigenvalue weighted by atomic mass is 9.69. The fourth-order valence-electron chi connectivity index (χ4n) is 5.37. The molecule has 188 valence electrons. The molecule has 1 atom stereocenters. The molecule has 1 unspecified atom stereocenters. The van der Waals surface area contributed by atoms with Gasteiger partial charge in [0, 0.05) is 42.3 Å². The molecule has 7 heteroatoms. The molecule has 0 amide bonds. The number of rotatable bonds is 6. The number of nitrogens with zero attached hydrogens (tertiary/aromatic N) is 2. The Balaban J connectivity index is 0.00000171. The van der Waals surface area contributed by atoms with E-state index in [1.54, 1.807) is 12.1 Å². The third-order valence-corrected chi connectivity index (χ3v) is 7.43. The largest absolute Gasteiger partial charge is 0.375 e. The van der Waals surface area contributed by atoms with E-state index in [-0.39, 0.29) is 36.0 Å². The van der Waals surface area contributed by atoms with Crippen molar-refractivity contribution in [1.82, 2.24) is 4.90 Å². The highest BCUT2D eigenvalue weighted by Crippen LogP contribution is 2.42. The Bertz CT molecular complexity index is 1070. The lowest BCUT2D eigenvalue weighted by molar-refractivity contribution is 0.0599. The van der Waals surface area contributed by atoms with E-state index in [1.807, 2.05) is 24.3 Å². The molecule has 35 heavy (non-hydrogen) atoms. The zero-order valence-electron chi connectivity index (χ0n) is 19.7. The first-order chi connectivity index (χ1) is 16.1. The molecular weight excluding hydrogens is 506 g/mol. The molecule has 0 radical (unpaired) electrons. The maximum atomic E-state index is 13.2. The van der Waals surface area contributed by atoms with Gasteiger partial charge in [-0.3, -0.25) is 4.90 Å². The van der Waals surface area contributed by atoms with Gasteiger partial charge in [-0.15, -0.1) is 24.8 Å². The van der Waals surface area contributed by atoms with Crippen molar-refractivity contribution in [3.8, 4) is 0 Å². The van der Waals surface area contributed by atoms with E-state index >= 15 is 0 Å². The quantitative estimate of drug-likeness (QED) is 0.346. The SMILES string of the molecule is Cl.Cl.Fc1ccc(N2CCN(CCCC3(c4ccc(Cl)cc4)COCc4ccccc43)CC2)cc1. The van der Waals surface area contributed by atoms with Crippen LogP contribution in [-0.2, 0) is 16.8 Å². The van der Waals surface area contributed by atoms with Crippen molar-refractivity contribution in [2.24, 2.45) is 0 Å². The van der Waals surface area contributed by atoms with Crippen LogP contribution in [0.1, 0.15) is 29.5 Å². The Morgan fingerprint density at radius 3 is 2.26 bits per heavy atom. The van der Waals surface area contributed by atoms with Crippen LogP contribution in [0.3, 0.4) is 0 Å². The van der Waals surface area contributed by atoms with E-state index < -0.39 is 0 Å². The molecule has 0 spiro atoms. The summed E-state index contributed by atoms with van der Waals surface area (Å²) in [6.07, 6.45) is 2.13. The van der Waals surface area contributed by atoms with Gasteiger partial charge in [0.05, 0.1) is 13.2 Å². The molecule has 3 nitrogen and oxygen atoms in total. The van der Waals surface area contributed by atoms with Crippen LogP contribution < -0.4 is 4.90 Å². The fraction of sp³-hybridized carbons (Fsp3) is 0.357. The van der Waals surface area contributed by atoms with Crippen molar-refractivity contribution >= 4 is 42.1 Å². The van der Waals surface area contributed by atoms with Gasteiger partial charge in [-0.05, 0) is 72.5 Å². The highest BCUT2D eigenvalue weighted by atomic mass is 35.5. The summed E-state index contributed by atoms with van der Waals surface area (Å²) in [5.41, 5.74) is 4.91. The van der Waals surface area contributed by atoms with Crippen LogP contribution in [0.2, 0.25) is 5.02 Å². The van der Waals surface area contributed by atoms with Gasteiger partial charge in [0.2, 0.25) is 0 Å². The minimum Gasteiger partial charge on any atom is -0.375 e. The molecule has 1 saturated heterocycles. The molecule has 0 saturated carbocycles. The van der Waals surface area contributed by atoms with E-state index in [1.165, 1.54) is 16.7 Å². The monoisotopic (exact) mass is 536 g/mol. The predicted octanol–water partition coefficient (Wildman–Crippen LogP) is 6.74. The average Bonchev–Trinajstić information content (AvgIpc) is 2.85. The third kappa shape index (κ3) is 6.12. The Morgan fingerprint density at radius 2 is 1.54 bits per heavy atom. The number of hydrogen-bond acceptors (Lipinski definition) is 3. The van der Waals surface area contributed by atoms with Crippen LogP contribution in [-0.4, -0.2) is 44.2 Å². The summed E-state index contributed by atoms with van der Waals surface area (Å²) in [6.45, 7) is 6.44. The van der Waals surface area contributed by atoms with Crippen molar-refractivity contribution < 1.29 is 9.13 Å². The number of piperazine rings is 1. The summed E-state index contributed by atoms with van der Waals surface area (Å²) < 4.78 is 19.4. The first-order valence-electron chi connectivity index (χ1n) is 11.8. The number of benzene rings is 3. The molecule has 3 aromatic rings. The van der Waals surface area contributed by atoms with Gasteiger partial charge in [0.15, 0.2) is 0 Å². The second-order valence-electron chi connectivity index (χ2n) is 9.15. The number of halogens is 4. The molecular formula is C28H32Cl3FN2O. The van der Waals surface area contributed by atoms with Gasteiger partial charge in [0.1, 0.15) is 5.82 Å². The van der Waals surface area contributed by atoms with Gasteiger partial charge in [-0.1, -0.05) is 48.0 Å². The Kier molecular flexibility index (Phi) is 9.86. The molecule has 1 fully saturated rings. The van der Waals surface area contributed by atoms with Crippen molar-refractivity contribution in [1.29, 1.82) is 0 Å². The molecule has 0 aliphatic carbocycles. The summed E-state index contributed by atoms with van der Waals surface area (Å²) in [7, 11) is 0. The highest BCUT2D eigenvalue weighted by molar-refractivity contribution is 6.30. The number of ether oxygens (including phenoxy) is 1. The molecule has 2 aliphatic rings. The minimum absolute atomic E-state index is 0. The first-order valence-corrected chi connectivity index (χ1v) is 12.2. The van der Waals surface area contributed by atoms with E-state index in [9.17, 15) is 4.39 Å². The average molecular weight is 538 g/mol. The van der Waals surface area contributed by atoms with Crippen molar-refractivity contribution in [3.63, 3.8) is 0 Å². The second kappa shape index (κ2) is 12.4. The van der Waals surface area contributed by atoms with Gasteiger partial charge in [-0.2, -0.15) is 0 Å². The van der Waals surface area contributed by atoms with Crippen LogP contribution in [0.4, 0.5) is 10.1 Å². The smallest absolute Gasteiger partial charge is 0.123 e. The topological polar surface area (TPSA) is 15.7 Å². The van der Waals surface area contributed by atoms with E-state index in [0.717, 1.165) is 56.3 Å². The minimum atomic E-state index is -0.180. The lowest BCUT2D eigenvalue weighted by Crippen LogP contribution is -2.47. The van der Waals surface area contributed by atoms with E-state index in [0.29, 0.717) is 13.2 Å². The summed E-state index contributed by atoms with van der Waals surface area (Å²) in [5, 5.41) is 0.762. The van der Waals surface area contributed by atoms with E-state index in [4.69, 9.17) is 16.3 Å². The molecule has 2 aliphatic heterocycles. The number of fused-ring (bicyclic) bond motifs is 1. The van der Waals surface area contributed by atoms with Gasteiger partial charge in [-0.25, -0.2) is 4.39 Å². The lowest BCUT2D eigenvalue weighted by Gasteiger charge is -2.41.